The van der Waals surface area contributed by atoms with Crippen molar-refractivity contribution in [1.29, 1.82) is 0 Å². The van der Waals surface area contributed by atoms with Gasteiger partial charge in [-0.2, -0.15) is 11.8 Å². The van der Waals surface area contributed by atoms with Gasteiger partial charge >= 0.3 is 0 Å². The van der Waals surface area contributed by atoms with Crippen LogP contribution in [0, 0.1) is 5.41 Å². The van der Waals surface area contributed by atoms with Crippen molar-refractivity contribution in [2.24, 2.45) is 5.41 Å². The Morgan fingerprint density at radius 3 is 2.40 bits per heavy atom. The number of nitrogens with one attached hydrogen (secondary N) is 1. The summed E-state index contributed by atoms with van der Waals surface area (Å²) < 4.78 is 0. The fourth-order valence-electron chi connectivity index (χ4n) is 2.67. The van der Waals surface area contributed by atoms with Gasteiger partial charge in [-0.15, -0.1) is 0 Å². The predicted octanol–water partition coefficient (Wildman–Crippen LogP) is 2.28. The van der Waals surface area contributed by atoms with E-state index in [1.807, 2.05) is 32.6 Å². The molecule has 1 aliphatic heterocycles. The summed E-state index contributed by atoms with van der Waals surface area (Å²) in [5.74, 6) is 2.01. The quantitative estimate of drug-likeness (QED) is 0.766. The van der Waals surface area contributed by atoms with Crippen molar-refractivity contribution in [2.45, 2.75) is 59.5 Å². The lowest BCUT2D eigenvalue weighted by Gasteiger charge is -2.44. The minimum absolute atomic E-state index is 0.00273. The lowest BCUT2D eigenvalue weighted by atomic mass is 9.83. The third-order valence-corrected chi connectivity index (χ3v) is 4.42. The predicted molar refractivity (Wildman–Crippen MR) is 84.8 cm³/mol. The van der Waals surface area contributed by atoms with E-state index in [9.17, 15) is 9.59 Å². The van der Waals surface area contributed by atoms with Crippen molar-refractivity contribution in [3.63, 3.8) is 0 Å². The van der Waals surface area contributed by atoms with Gasteiger partial charge < -0.3 is 10.2 Å². The van der Waals surface area contributed by atoms with Gasteiger partial charge in [0, 0.05) is 12.3 Å². The number of thioether (sulfide) groups is 1. The molecule has 2 amide bonds. The average molecular weight is 300 g/mol. The van der Waals surface area contributed by atoms with Gasteiger partial charge in [-0.05, 0) is 17.6 Å². The Hall–Kier alpha value is -0.710. The van der Waals surface area contributed by atoms with Crippen LogP contribution in [0.5, 0.6) is 0 Å². The summed E-state index contributed by atoms with van der Waals surface area (Å²) in [7, 11) is 0. The SMILES string of the molecule is CCCC1NC(=O)C(C(C)(C)C)N(CCSCC)C1=O. The number of carbonyl (C=O) groups is 2. The molecule has 4 nitrogen and oxygen atoms in total. The van der Waals surface area contributed by atoms with Crippen molar-refractivity contribution >= 4 is 23.6 Å². The number of hydrogen-bond acceptors (Lipinski definition) is 3. The second-order valence-corrected chi connectivity index (χ2v) is 7.74. The molecule has 0 aliphatic carbocycles. The molecule has 0 bridgehead atoms. The lowest BCUT2D eigenvalue weighted by molar-refractivity contribution is -0.153. The van der Waals surface area contributed by atoms with Crippen molar-refractivity contribution in [3.8, 4) is 0 Å². The maximum Gasteiger partial charge on any atom is 0.245 e. The summed E-state index contributed by atoms with van der Waals surface area (Å²) in [6.45, 7) is 10.9. The van der Waals surface area contributed by atoms with Crippen LogP contribution in [0.2, 0.25) is 0 Å². The van der Waals surface area contributed by atoms with E-state index in [4.69, 9.17) is 0 Å². The molecule has 0 radical (unpaired) electrons. The Morgan fingerprint density at radius 1 is 1.25 bits per heavy atom. The molecular weight excluding hydrogens is 272 g/mol. The van der Waals surface area contributed by atoms with E-state index in [1.54, 1.807) is 11.8 Å². The van der Waals surface area contributed by atoms with Crippen LogP contribution in [-0.2, 0) is 9.59 Å². The summed E-state index contributed by atoms with van der Waals surface area (Å²) in [6.07, 6.45) is 1.62. The molecular formula is C15H28N2O2S. The van der Waals surface area contributed by atoms with Crippen molar-refractivity contribution < 1.29 is 9.59 Å². The minimum Gasteiger partial charge on any atom is -0.342 e. The molecule has 0 aromatic carbocycles. The van der Waals surface area contributed by atoms with Crippen LogP contribution in [0.4, 0.5) is 0 Å². The first-order chi connectivity index (χ1) is 9.32. The Morgan fingerprint density at radius 2 is 1.90 bits per heavy atom. The van der Waals surface area contributed by atoms with Crippen LogP contribution >= 0.6 is 11.8 Å². The van der Waals surface area contributed by atoms with Gasteiger partial charge in [0.1, 0.15) is 12.1 Å². The first-order valence-corrected chi connectivity index (χ1v) is 8.67. The average Bonchev–Trinajstić information content (AvgIpc) is 2.33. The summed E-state index contributed by atoms with van der Waals surface area (Å²) in [6, 6.07) is -0.696. The lowest BCUT2D eigenvalue weighted by Crippen LogP contribution is -2.67. The van der Waals surface area contributed by atoms with E-state index in [1.165, 1.54) is 0 Å². The highest BCUT2D eigenvalue weighted by molar-refractivity contribution is 7.99. The Bertz CT molecular complexity index is 352. The smallest absolute Gasteiger partial charge is 0.245 e. The van der Waals surface area contributed by atoms with Crippen LogP contribution in [-0.4, -0.2) is 46.8 Å². The monoisotopic (exact) mass is 300 g/mol. The van der Waals surface area contributed by atoms with Crippen LogP contribution in [0.1, 0.15) is 47.5 Å². The van der Waals surface area contributed by atoms with E-state index in [0.717, 1.165) is 24.3 Å². The van der Waals surface area contributed by atoms with E-state index >= 15 is 0 Å². The Kier molecular flexibility index (Phi) is 6.37. The zero-order valence-electron chi connectivity index (χ0n) is 13.4. The van der Waals surface area contributed by atoms with Crippen molar-refractivity contribution in [2.75, 3.05) is 18.1 Å². The first-order valence-electron chi connectivity index (χ1n) is 7.51. The fourth-order valence-corrected chi connectivity index (χ4v) is 3.29. The molecule has 0 spiro atoms. The topological polar surface area (TPSA) is 49.4 Å². The van der Waals surface area contributed by atoms with Crippen LogP contribution in [0.15, 0.2) is 0 Å². The molecule has 5 heteroatoms. The van der Waals surface area contributed by atoms with Gasteiger partial charge in [-0.1, -0.05) is 41.0 Å². The highest BCUT2D eigenvalue weighted by Gasteiger charge is 2.45. The van der Waals surface area contributed by atoms with Gasteiger partial charge in [0.15, 0.2) is 0 Å². The molecule has 2 atom stereocenters. The molecule has 2 unspecified atom stereocenters. The number of rotatable bonds is 6. The first kappa shape index (κ1) is 17.3. The highest BCUT2D eigenvalue weighted by Crippen LogP contribution is 2.28. The zero-order chi connectivity index (χ0) is 15.3. The molecule has 1 N–H and O–H groups in total. The summed E-state index contributed by atoms with van der Waals surface area (Å²) in [5, 5.41) is 2.91. The third kappa shape index (κ3) is 4.14. The second kappa shape index (κ2) is 7.34. The maximum atomic E-state index is 12.6. The highest BCUT2D eigenvalue weighted by atomic mass is 32.2. The molecule has 0 aromatic heterocycles. The molecule has 1 heterocycles. The standard InChI is InChI=1S/C15H28N2O2S/c1-6-8-11-14(19)17(9-10-20-7-2)12(13(18)16-11)15(3,4)5/h11-12H,6-10H2,1-5H3,(H,16,18). The van der Waals surface area contributed by atoms with Crippen LogP contribution in [0.25, 0.3) is 0 Å². The number of hydrogen-bond donors (Lipinski definition) is 1. The van der Waals surface area contributed by atoms with Crippen LogP contribution < -0.4 is 5.32 Å². The van der Waals surface area contributed by atoms with Crippen molar-refractivity contribution in [3.05, 3.63) is 0 Å². The molecule has 1 rings (SSSR count). The van der Waals surface area contributed by atoms with E-state index in [0.29, 0.717) is 6.54 Å². The van der Waals surface area contributed by atoms with Gasteiger partial charge in [-0.25, -0.2) is 0 Å². The summed E-state index contributed by atoms with van der Waals surface area (Å²) >= 11 is 1.81. The Balaban J connectivity index is 2.91. The van der Waals surface area contributed by atoms with Gasteiger partial charge in [0.2, 0.25) is 11.8 Å². The number of piperazine rings is 1. The summed E-state index contributed by atoms with van der Waals surface area (Å²) in [4.78, 5) is 26.8. The van der Waals surface area contributed by atoms with Crippen molar-refractivity contribution in [1.82, 2.24) is 10.2 Å². The van der Waals surface area contributed by atoms with Crippen LogP contribution in [0.3, 0.4) is 0 Å². The summed E-state index contributed by atoms with van der Waals surface area (Å²) in [5.41, 5.74) is -0.242. The van der Waals surface area contributed by atoms with Gasteiger partial charge in [-0.3, -0.25) is 9.59 Å². The molecule has 116 valence electrons. The number of nitrogens with zero attached hydrogens (tertiary/aromatic N) is 1. The van der Waals surface area contributed by atoms with E-state index in [2.05, 4.69) is 12.2 Å². The molecule has 1 fully saturated rings. The largest absolute Gasteiger partial charge is 0.342 e. The molecule has 0 aromatic rings. The number of amides is 2. The molecule has 1 saturated heterocycles. The Labute approximate surface area is 127 Å². The maximum absolute atomic E-state index is 12.6. The third-order valence-electron chi connectivity index (χ3n) is 3.54. The number of carbonyl (C=O) groups excluding carboxylic acids is 2. The molecule has 1 aliphatic rings. The van der Waals surface area contributed by atoms with Gasteiger partial charge in [0.25, 0.3) is 0 Å². The zero-order valence-corrected chi connectivity index (χ0v) is 14.2. The molecule has 0 saturated carbocycles. The second-order valence-electron chi connectivity index (χ2n) is 6.35. The van der Waals surface area contributed by atoms with E-state index < -0.39 is 0 Å². The normalized spacial score (nSPS) is 23.9. The minimum atomic E-state index is -0.361. The fraction of sp³-hybridized carbons (Fsp3) is 0.867. The molecule has 20 heavy (non-hydrogen) atoms. The van der Waals surface area contributed by atoms with Gasteiger partial charge in [0.05, 0.1) is 0 Å². The van der Waals surface area contributed by atoms with E-state index in [-0.39, 0.29) is 29.3 Å².